The van der Waals surface area contributed by atoms with Gasteiger partial charge in [0.05, 0.1) is 17.8 Å². The Morgan fingerprint density at radius 3 is 2.38 bits per heavy atom. The number of sulfonamides is 1. The Morgan fingerprint density at radius 2 is 1.73 bits per heavy atom. The summed E-state index contributed by atoms with van der Waals surface area (Å²) in [5.74, 6) is -2.69. The quantitative estimate of drug-likeness (QED) is 0.350. The highest BCUT2D eigenvalue weighted by Crippen LogP contribution is 2.51. The van der Waals surface area contributed by atoms with Crippen LogP contribution in [0.2, 0.25) is 0 Å². The van der Waals surface area contributed by atoms with Gasteiger partial charge in [0.25, 0.3) is 5.91 Å². The second-order valence-corrected chi connectivity index (χ2v) is 19.7. The highest BCUT2D eigenvalue weighted by atomic mass is 32.2. The van der Waals surface area contributed by atoms with Gasteiger partial charge in [0.15, 0.2) is 0 Å². The number of hydrogen-bond acceptors (Lipinski definition) is 9. The summed E-state index contributed by atoms with van der Waals surface area (Å²) in [4.78, 5) is 71.8. The van der Waals surface area contributed by atoms with Crippen LogP contribution in [0.3, 0.4) is 0 Å². The number of amides is 5. The predicted octanol–water partition coefficient (Wildman–Crippen LogP) is 4.78. The minimum absolute atomic E-state index is 0.00237. The van der Waals surface area contributed by atoms with E-state index in [0.29, 0.717) is 43.2 Å². The SMILES string of the molecule is CC(C)CC1(S(=O)(=O)NC(=O)[C@@]23C[C@@H]2CCCCCCC[C@H](NC(=O)OC(C)(C)C)C(=O)N2C[C@H](OC(=O)N4Cc5cccc(F)c5C4)C[C@H]2C(=O)N3)CC1. The van der Waals surface area contributed by atoms with Crippen LogP contribution < -0.4 is 15.4 Å². The summed E-state index contributed by atoms with van der Waals surface area (Å²) in [5.41, 5.74) is -1.28. The average Bonchev–Trinajstić information content (AvgIpc) is 3.90. The smallest absolute Gasteiger partial charge is 0.410 e. The van der Waals surface area contributed by atoms with Crippen molar-refractivity contribution in [1.29, 1.82) is 0 Å². The number of carbonyl (C=O) groups excluding carboxylic acids is 5. The molecule has 2 aliphatic carbocycles. The van der Waals surface area contributed by atoms with Gasteiger partial charge >= 0.3 is 12.2 Å². The van der Waals surface area contributed by atoms with Crippen molar-refractivity contribution in [2.45, 2.75) is 159 Å². The third kappa shape index (κ3) is 9.04. The second-order valence-electron chi connectivity index (χ2n) is 17.6. The van der Waals surface area contributed by atoms with Gasteiger partial charge in [0.2, 0.25) is 21.8 Å². The normalized spacial score (nSPS) is 28.1. The fourth-order valence-corrected chi connectivity index (χ4v) is 10.4. The van der Waals surface area contributed by atoms with E-state index in [0.717, 1.165) is 25.7 Å². The fourth-order valence-electron chi connectivity index (χ4n) is 8.54. The number of nitrogens with one attached hydrogen (secondary N) is 3. The molecule has 5 aliphatic rings. The number of halogens is 1. The maximum Gasteiger partial charge on any atom is 0.410 e. The molecule has 4 fully saturated rings. The first-order chi connectivity index (χ1) is 25.8. The molecule has 0 spiro atoms. The zero-order valence-corrected chi connectivity index (χ0v) is 33.4. The van der Waals surface area contributed by atoms with Crippen LogP contribution in [0, 0.1) is 17.7 Å². The lowest BCUT2D eigenvalue weighted by atomic mass is 10.0. The maximum atomic E-state index is 14.5. The van der Waals surface area contributed by atoms with Crippen LogP contribution in [-0.2, 0) is 47.0 Å². The number of hydrogen-bond donors (Lipinski definition) is 3. The van der Waals surface area contributed by atoms with Crippen molar-refractivity contribution < 1.29 is 46.3 Å². The number of carbonyl (C=O) groups is 5. The molecule has 55 heavy (non-hydrogen) atoms. The lowest BCUT2D eigenvalue weighted by Gasteiger charge is -2.30. The molecule has 0 unspecified atom stereocenters. The van der Waals surface area contributed by atoms with E-state index in [4.69, 9.17) is 9.47 Å². The Morgan fingerprint density at radius 1 is 1.04 bits per heavy atom. The Labute approximate surface area is 323 Å². The summed E-state index contributed by atoms with van der Waals surface area (Å²) in [6, 6.07) is 2.34. The van der Waals surface area contributed by atoms with E-state index in [2.05, 4.69) is 15.4 Å². The van der Waals surface area contributed by atoms with E-state index < -0.39 is 79.8 Å². The molecule has 1 aromatic rings. The average molecular weight is 790 g/mol. The molecule has 0 radical (unpaired) electrons. The molecule has 2 saturated heterocycles. The van der Waals surface area contributed by atoms with Crippen molar-refractivity contribution >= 4 is 39.9 Å². The molecule has 14 nitrogen and oxygen atoms in total. The second kappa shape index (κ2) is 15.5. The third-order valence-electron chi connectivity index (χ3n) is 11.6. The number of benzene rings is 1. The summed E-state index contributed by atoms with van der Waals surface area (Å²) >= 11 is 0. The van der Waals surface area contributed by atoms with Crippen LogP contribution in [-0.4, -0.2) is 88.7 Å². The number of nitrogens with zero attached hydrogens (tertiary/aromatic N) is 2. The van der Waals surface area contributed by atoms with E-state index in [1.807, 2.05) is 13.8 Å². The minimum Gasteiger partial charge on any atom is -0.444 e. The predicted molar refractivity (Wildman–Crippen MR) is 199 cm³/mol. The maximum absolute atomic E-state index is 14.5. The Kier molecular flexibility index (Phi) is 11.5. The Balaban J connectivity index is 1.25. The largest absolute Gasteiger partial charge is 0.444 e. The van der Waals surface area contributed by atoms with Gasteiger partial charge in [-0.1, -0.05) is 58.1 Å². The summed E-state index contributed by atoms with van der Waals surface area (Å²) in [5, 5.41) is 5.58. The molecule has 5 atom stereocenters. The van der Waals surface area contributed by atoms with Crippen LogP contribution in [0.5, 0.6) is 0 Å². The van der Waals surface area contributed by atoms with Crippen molar-refractivity contribution in [3.05, 3.63) is 35.1 Å². The molecule has 0 aromatic heterocycles. The van der Waals surface area contributed by atoms with E-state index in [-0.39, 0.29) is 50.7 Å². The molecular weight excluding hydrogens is 734 g/mol. The van der Waals surface area contributed by atoms with Crippen LogP contribution in [0.25, 0.3) is 0 Å². The van der Waals surface area contributed by atoms with Crippen LogP contribution in [0.1, 0.15) is 123 Å². The summed E-state index contributed by atoms with van der Waals surface area (Å²) in [7, 11) is -4.05. The van der Waals surface area contributed by atoms with Gasteiger partial charge < -0.3 is 25.0 Å². The fraction of sp³-hybridized carbons (Fsp3) is 0.718. The van der Waals surface area contributed by atoms with Gasteiger partial charge in [-0.3, -0.25) is 24.0 Å². The molecule has 5 amide bonds. The van der Waals surface area contributed by atoms with Crippen LogP contribution in [0.15, 0.2) is 18.2 Å². The van der Waals surface area contributed by atoms with E-state index >= 15 is 0 Å². The number of ether oxygens (including phenoxy) is 2. The topological polar surface area (TPSA) is 181 Å². The molecule has 304 valence electrons. The van der Waals surface area contributed by atoms with Gasteiger partial charge in [-0.15, -0.1) is 0 Å². The molecular formula is C39H56FN5O9S. The molecule has 3 aliphatic heterocycles. The van der Waals surface area contributed by atoms with Crippen molar-refractivity contribution in [3.8, 4) is 0 Å². The van der Waals surface area contributed by atoms with Crippen molar-refractivity contribution in [2.24, 2.45) is 11.8 Å². The Hall–Kier alpha value is -3.95. The summed E-state index contributed by atoms with van der Waals surface area (Å²) in [6.45, 7) is 8.93. The van der Waals surface area contributed by atoms with E-state index in [1.54, 1.807) is 32.9 Å². The van der Waals surface area contributed by atoms with Gasteiger partial charge in [-0.25, -0.2) is 22.4 Å². The summed E-state index contributed by atoms with van der Waals surface area (Å²) < 4.78 is 54.3. The lowest BCUT2D eigenvalue weighted by Crippen LogP contribution is -2.59. The monoisotopic (exact) mass is 789 g/mol. The van der Waals surface area contributed by atoms with E-state index in [9.17, 15) is 36.8 Å². The van der Waals surface area contributed by atoms with Gasteiger partial charge in [0, 0.05) is 18.5 Å². The van der Waals surface area contributed by atoms with Crippen molar-refractivity contribution in [2.75, 3.05) is 6.54 Å². The zero-order valence-electron chi connectivity index (χ0n) is 32.6. The molecule has 1 aromatic carbocycles. The highest BCUT2D eigenvalue weighted by Gasteiger charge is 2.64. The van der Waals surface area contributed by atoms with Gasteiger partial charge in [0.1, 0.15) is 35.1 Å². The molecule has 0 bridgehead atoms. The lowest BCUT2D eigenvalue weighted by molar-refractivity contribution is -0.141. The summed E-state index contributed by atoms with van der Waals surface area (Å²) in [6.07, 6.45) is 3.64. The van der Waals surface area contributed by atoms with E-state index in [1.165, 1.54) is 15.9 Å². The minimum atomic E-state index is -4.05. The highest BCUT2D eigenvalue weighted by molar-refractivity contribution is 7.91. The number of fused-ring (bicyclic) bond motifs is 3. The first-order valence-electron chi connectivity index (χ1n) is 19.7. The first-order valence-corrected chi connectivity index (χ1v) is 21.2. The van der Waals surface area contributed by atoms with Gasteiger partial charge in [-0.2, -0.15) is 0 Å². The Bertz CT molecular complexity index is 1790. The molecule has 16 heteroatoms. The van der Waals surface area contributed by atoms with Gasteiger partial charge in [-0.05, 0) is 82.8 Å². The molecule has 3 heterocycles. The zero-order chi connectivity index (χ0) is 39.9. The third-order valence-corrected chi connectivity index (χ3v) is 13.7. The molecule has 2 saturated carbocycles. The molecule has 3 N–H and O–H groups in total. The molecule has 6 rings (SSSR count). The van der Waals surface area contributed by atoms with Crippen molar-refractivity contribution in [1.82, 2.24) is 25.2 Å². The first kappa shape index (κ1) is 40.7. The van der Waals surface area contributed by atoms with Crippen LogP contribution >= 0.6 is 0 Å². The number of alkyl carbamates (subject to hydrolysis) is 1. The standard InChI is InChI=1S/C39H56FN5O9S/c1-24(2)19-38(16-17-38)55(51,52)43-34(48)39-20-26(39)13-9-7-6-8-10-15-30(41-35(49)54-37(3,4)5)33(47)45-22-27(18-31(45)32(46)42-39)53-36(50)44-21-25-12-11-14-29(40)28(25)23-44/h11-12,14,24,26-27,30-31H,6-10,13,15-23H2,1-5H3,(H,41,49)(H,42,46)(H,43,48)/t26-,27+,30-,31-,39+/m0/s1. The van der Waals surface area contributed by atoms with Crippen LogP contribution in [0.4, 0.5) is 14.0 Å². The van der Waals surface area contributed by atoms with Crippen molar-refractivity contribution in [3.63, 3.8) is 0 Å². The number of rotatable bonds is 7.